The predicted octanol–water partition coefficient (Wildman–Crippen LogP) is 3.34. The van der Waals surface area contributed by atoms with Gasteiger partial charge in [-0.2, -0.15) is 5.10 Å². The van der Waals surface area contributed by atoms with Gasteiger partial charge in [-0.05, 0) is 32.9 Å². The second-order valence-electron chi connectivity index (χ2n) is 4.51. The van der Waals surface area contributed by atoms with Gasteiger partial charge in [-0.25, -0.2) is 14.6 Å². The molecule has 1 amide bonds. The van der Waals surface area contributed by atoms with Gasteiger partial charge in [-0.1, -0.05) is 17.7 Å². The zero-order chi connectivity index (χ0) is 13.8. The van der Waals surface area contributed by atoms with Crippen molar-refractivity contribution < 1.29 is 13.9 Å². The van der Waals surface area contributed by atoms with Crippen molar-refractivity contribution in [3.8, 4) is 0 Å². The van der Waals surface area contributed by atoms with Crippen molar-refractivity contribution >= 4 is 23.9 Å². The van der Waals surface area contributed by atoms with Crippen LogP contribution in [0.5, 0.6) is 0 Å². The van der Waals surface area contributed by atoms with Gasteiger partial charge in [-0.15, -0.1) is 0 Å². The van der Waals surface area contributed by atoms with Crippen molar-refractivity contribution in [2.75, 3.05) is 0 Å². The number of hydrogen-bond donors (Lipinski definition) is 1. The molecule has 0 saturated heterocycles. The van der Waals surface area contributed by atoms with E-state index in [2.05, 4.69) is 10.5 Å². The summed E-state index contributed by atoms with van der Waals surface area (Å²) in [6.45, 7) is 5.18. The quantitative estimate of drug-likeness (QED) is 0.663. The van der Waals surface area contributed by atoms with E-state index in [9.17, 15) is 9.18 Å². The van der Waals surface area contributed by atoms with Crippen LogP contribution in [0.1, 0.15) is 26.3 Å². The minimum Gasteiger partial charge on any atom is -0.443 e. The molecule has 1 rings (SSSR count). The molecule has 0 fully saturated rings. The van der Waals surface area contributed by atoms with E-state index in [1.807, 2.05) is 0 Å². The molecule has 0 atom stereocenters. The van der Waals surface area contributed by atoms with Crippen LogP contribution in [-0.4, -0.2) is 17.9 Å². The van der Waals surface area contributed by atoms with Crippen molar-refractivity contribution in [1.82, 2.24) is 5.43 Å². The first-order chi connectivity index (χ1) is 8.29. The highest BCUT2D eigenvalue weighted by Crippen LogP contribution is 2.16. The third-order valence-corrected chi connectivity index (χ3v) is 2.08. The van der Waals surface area contributed by atoms with Crippen LogP contribution in [0.4, 0.5) is 9.18 Å². The maximum absolute atomic E-state index is 13.3. The summed E-state index contributed by atoms with van der Waals surface area (Å²) in [5.74, 6) is -0.516. The van der Waals surface area contributed by atoms with Crippen LogP contribution in [0.15, 0.2) is 23.3 Å². The van der Waals surface area contributed by atoms with Gasteiger partial charge in [0.1, 0.15) is 11.4 Å². The molecule has 0 aliphatic heterocycles. The molecule has 0 unspecified atom stereocenters. The molecule has 1 N–H and O–H groups in total. The Hall–Kier alpha value is -1.62. The number of benzene rings is 1. The van der Waals surface area contributed by atoms with Crippen LogP contribution in [-0.2, 0) is 4.74 Å². The van der Waals surface area contributed by atoms with E-state index < -0.39 is 17.5 Å². The Morgan fingerprint density at radius 1 is 1.50 bits per heavy atom. The van der Waals surface area contributed by atoms with Gasteiger partial charge >= 0.3 is 6.09 Å². The monoisotopic (exact) mass is 272 g/mol. The summed E-state index contributed by atoms with van der Waals surface area (Å²) in [6.07, 6.45) is 0.410. The van der Waals surface area contributed by atoms with E-state index >= 15 is 0 Å². The second kappa shape index (κ2) is 5.82. The van der Waals surface area contributed by atoms with Gasteiger partial charge in [0, 0.05) is 5.56 Å². The maximum atomic E-state index is 13.3. The highest BCUT2D eigenvalue weighted by Gasteiger charge is 2.15. The van der Waals surface area contributed by atoms with E-state index in [0.29, 0.717) is 0 Å². The van der Waals surface area contributed by atoms with Gasteiger partial charge < -0.3 is 4.74 Å². The molecule has 0 aromatic heterocycles. The zero-order valence-electron chi connectivity index (χ0n) is 10.3. The summed E-state index contributed by atoms with van der Waals surface area (Å²) in [5.41, 5.74) is 1.62. The van der Waals surface area contributed by atoms with E-state index in [0.717, 1.165) is 6.21 Å². The first-order valence-corrected chi connectivity index (χ1v) is 5.63. The molecule has 0 spiro atoms. The minimum absolute atomic E-state index is 0.107. The van der Waals surface area contributed by atoms with Crippen LogP contribution >= 0.6 is 11.6 Å². The molecule has 1 aromatic rings. The summed E-state index contributed by atoms with van der Waals surface area (Å²) < 4.78 is 18.3. The minimum atomic E-state index is -0.716. The van der Waals surface area contributed by atoms with Crippen molar-refractivity contribution in [1.29, 1.82) is 0 Å². The van der Waals surface area contributed by atoms with Gasteiger partial charge in [-0.3, -0.25) is 0 Å². The number of rotatable bonds is 2. The number of carbonyl (C=O) groups excluding carboxylic acids is 1. The molecular weight excluding hydrogens is 259 g/mol. The van der Waals surface area contributed by atoms with E-state index in [-0.39, 0.29) is 10.6 Å². The lowest BCUT2D eigenvalue weighted by atomic mass is 10.2. The second-order valence-corrected chi connectivity index (χ2v) is 4.91. The molecule has 18 heavy (non-hydrogen) atoms. The number of nitrogens with zero attached hydrogens (tertiary/aromatic N) is 1. The summed E-state index contributed by atoms with van der Waals surface area (Å²) in [7, 11) is 0. The molecule has 4 nitrogen and oxygen atoms in total. The summed E-state index contributed by atoms with van der Waals surface area (Å²) >= 11 is 5.78. The average molecular weight is 273 g/mol. The van der Waals surface area contributed by atoms with Crippen LogP contribution < -0.4 is 5.43 Å². The number of halogens is 2. The highest BCUT2D eigenvalue weighted by atomic mass is 35.5. The molecule has 0 bridgehead atoms. The Labute approximate surface area is 110 Å². The number of hydrogen-bond acceptors (Lipinski definition) is 3. The number of carbonyl (C=O) groups is 1. The summed E-state index contributed by atoms with van der Waals surface area (Å²) in [5, 5.41) is 3.79. The Morgan fingerprint density at radius 3 is 2.72 bits per heavy atom. The fraction of sp³-hybridized carbons (Fsp3) is 0.333. The van der Waals surface area contributed by atoms with Gasteiger partial charge in [0.05, 0.1) is 11.2 Å². The van der Waals surface area contributed by atoms with E-state index in [1.165, 1.54) is 18.2 Å². The molecule has 1 aromatic carbocycles. The topological polar surface area (TPSA) is 50.7 Å². The fourth-order valence-electron chi connectivity index (χ4n) is 1.08. The summed E-state index contributed by atoms with van der Waals surface area (Å²) in [6, 6.07) is 4.26. The third kappa shape index (κ3) is 4.71. The lowest BCUT2D eigenvalue weighted by Gasteiger charge is -2.18. The lowest BCUT2D eigenvalue weighted by Crippen LogP contribution is -2.29. The van der Waals surface area contributed by atoms with Crippen LogP contribution in [0.2, 0.25) is 5.02 Å². The molecule has 0 heterocycles. The number of amides is 1. The number of nitrogens with one attached hydrogen (secondary N) is 1. The fourth-order valence-corrected chi connectivity index (χ4v) is 1.30. The standard InChI is InChI=1S/C12H14ClFN2O2/c1-12(2,3)18-11(17)16-15-7-8-9(13)5-4-6-10(8)14/h4-7H,1-3H3,(H,16,17)/b15-7-. The third-order valence-electron chi connectivity index (χ3n) is 1.75. The first-order valence-electron chi connectivity index (χ1n) is 5.25. The van der Waals surface area contributed by atoms with E-state index in [1.54, 1.807) is 20.8 Å². The molecule has 98 valence electrons. The summed E-state index contributed by atoms with van der Waals surface area (Å²) in [4.78, 5) is 11.2. The maximum Gasteiger partial charge on any atom is 0.428 e. The molecular formula is C12H14ClFN2O2. The zero-order valence-corrected chi connectivity index (χ0v) is 11.1. The predicted molar refractivity (Wildman–Crippen MR) is 68.4 cm³/mol. The normalized spacial score (nSPS) is 11.6. The van der Waals surface area contributed by atoms with E-state index in [4.69, 9.17) is 16.3 Å². The van der Waals surface area contributed by atoms with Crippen LogP contribution in [0, 0.1) is 5.82 Å². The molecule has 0 aliphatic rings. The number of hydrazone groups is 1. The Balaban J connectivity index is 2.63. The van der Waals surface area contributed by atoms with Gasteiger partial charge in [0.2, 0.25) is 0 Å². The first kappa shape index (κ1) is 14.4. The Morgan fingerprint density at radius 2 is 2.17 bits per heavy atom. The smallest absolute Gasteiger partial charge is 0.428 e. The van der Waals surface area contributed by atoms with Crippen molar-refractivity contribution in [2.24, 2.45) is 5.10 Å². The number of ether oxygens (including phenoxy) is 1. The highest BCUT2D eigenvalue weighted by molar-refractivity contribution is 6.33. The molecule has 0 radical (unpaired) electrons. The molecule has 6 heteroatoms. The largest absolute Gasteiger partial charge is 0.443 e. The lowest BCUT2D eigenvalue weighted by molar-refractivity contribution is 0.0529. The van der Waals surface area contributed by atoms with Gasteiger partial charge in [0.25, 0.3) is 0 Å². The van der Waals surface area contributed by atoms with Crippen LogP contribution in [0.3, 0.4) is 0 Å². The SMILES string of the molecule is CC(C)(C)OC(=O)N/N=C\c1c(F)cccc1Cl. The molecule has 0 saturated carbocycles. The van der Waals surface area contributed by atoms with Crippen molar-refractivity contribution in [2.45, 2.75) is 26.4 Å². The van der Waals surface area contributed by atoms with Crippen molar-refractivity contribution in [3.05, 3.63) is 34.6 Å². The Bertz CT molecular complexity index is 449. The Kier molecular flexibility index (Phi) is 4.67. The molecule has 0 aliphatic carbocycles. The van der Waals surface area contributed by atoms with Crippen LogP contribution in [0.25, 0.3) is 0 Å². The average Bonchev–Trinajstić information content (AvgIpc) is 2.19. The van der Waals surface area contributed by atoms with Gasteiger partial charge in [0.15, 0.2) is 0 Å². The van der Waals surface area contributed by atoms with Crippen molar-refractivity contribution in [3.63, 3.8) is 0 Å².